The van der Waals surface area contributed by atoms with Crippen molar-refractivity contribution in [1.29, 1.82) is 0 Å². The fourth-order valence-corrected chi connectivity index (χ4v) is 2.43. The lowest BCUT2D eigenvalue weighted by Gasteiger charge is -2.25. The standard InChI is InChI=1S/C17H27NO2.ClH/c1-6-14-11-10-12-15(7-2)16(14)20-17(19)13(5)18(8-3)9-4;/h10-13H,6-9H2,1-5H3;1H. The summed E-state index contributed by atoms with van der Waals surface area (Å²) < 4.78 is 5.72. The Morgan fingerprint density at radius 3 is 1.95 bits per heavy atom. The maximum absolute atomic E-state index is 12.3. The van der Waals surface area contributed by atoms with Crippen molar-refractivity contribution < 1.29 is 9.53 Å². The normalized spacial score (nSPS) is 11.9. The number of nitrogens with zero attached hydrogens (tertiary/aromatic N) is 1. The number of hydrogen-bond donors (Lipinski definition) is 0. The van der Waals surface area contributed by atoms with E-state index in [0.29, 0.717) is 0 Å². The molecular weight excluding hydrogens is 286 g/mol. The summed E-state index contributed by atoms with van der Waals surface area (Å²) in [6.07, 6.45) is 1.74. The minimum absolute atomic E-state index is 0. The van der Waals surface area contributed by atoms with Crippen molar-refractivity contribution in [3.05, 3.63) is 29.3 Å². The average molecular weight is 314 g/mol. The zero-order valence-corrected chi connectivity index (χ0v) is 14.6. The van der Waals surface area contributed by atoms with Crippen LogP contribution in [0.2, 0.25) is 0 Å². The molecule has 0 spiro atoms. The molecule has 3 nitrogen and oxygen atoms in total. The molecule has 120 valence electrons. The minimum Gasteiger partial charge on any atom is -0.425 e. The van der Waals surface area contributed by atoms with E-state index in [1.807, 2.05) is 25.1 Å². The van der Waals surface area contributed by atoms with E-state index in [4.69, 9.17) is 4.74 Å². The summed E-state index contributed by atoms with van der Waals surface area (Å²) in [6, 6.07) is 5.89. The number of hydrogen-bond acceptors (Lipinski definition) is 3. The fraction of sp³-hybridized carbons (Fsp3) is 0.588. The molecule has 1 atom stereocenters. The van der Waals surface area contributed by atoms with Crippen LogP contribution in [0, 0.1) is 0 Å². The van der Waals surface area contributed by atoms with Gasteiger partial charge in [-0.3, -0.25) is 4.90 Å². The van der Waals surface area contributed by atoms with Crippen molar-refractivity contribution in [2.45, 2.75) is 53.5 Å². The molecule has 1 rings (SSSR count). The van der Waals surface area contributed by atoms with Crippen LogP contribution in [0.15, 0.2) is 18.2 Å². The van der Waals surface area contributed by atoms with E-state index >= 15 is 0 Å². The maximum Gasteiger partial charge on any atom is 0.328 e. The van der Waals surface area contributed by atoms with E-state index in [1.54, 1.807) is 0 Å². The van der Waals surface area contributed by atoms with Gasteiger partial charge in [0.15, 0.2) is 0 Å². The molecule has 1 aromatic carbocycles. The highest BCUT2D eigenvalue weighted by Gasteiger charge is 2.22. The van der Waals surface area contributed by atoms with E-state index in [9.17, 15) is 4.79 Å². The topological polar surface area (TPSA) is 29.5 Å². The second-order valence-electron chi connectivity index (χ2n) is 4.93. The number of aryl methyl sites for hydroxylation is 2. The summed E-state index contributed by atoms with van der Waals surface area (Å²) in [4.78, 5) is 14.4. The molecule has 0 aromatic heterocycles. The number of benzene rings is 1. The lowest BCUT2D eigenvalue weighted by molar-refractivity contribution is -0.139. The summed E-state index contributed by atoms with van der Waals surface area (Å²) in [5, 5.41) is 0. The fourth-order valence-electron chi connectivity index (χ4n) is 2.43. The van der Waals surface area contributed by atoms with Crippen LogP contribution >= 0.6 is 12.4 Å². The van der Waals surface area contributed by atoms with Crippen LogP contribution in [0.4, 0.5) is 0 Å². The van der Waals surface area contributed by atoms with Crippen LogP contribution in [0.25, 0.3) is 0 Å². The average Bonchev–Trinajstić information content (AvgIpc) is 2.48. The van der Waals surface area contributed by atoms with Crippen LogP contribution in [0.3, 0.4) is 0 Å². The Balaban J connectivity index is 0.00000400. The summed E-state index contributed by atoms with van der Waals surface area (Å²) in [7, 11) is 0. The van der Waals surface area contributed by atoms with Crippen molar-refractivity contribution in [3.8, 4) is 5.75 Å². The van der Waals surface area contributed by atoms with Gasteiger partial charge in [-0.05, 0) is 44.0 Å². The first-order chi connectivity index (χ1) is 9.58. The Labute approximate surface area is 135 Å². The van der Waals surface area contributed by atoms with Crippen molar-refractivity contribution >= 4 is 18.4 Å². The van der Waals surface area contributed by atoms with E-state index in [1.165, 1.54) is 0 Å². The van der Waals surface area contributed by atoms with Gasteiger partial charge in [-0.25, -0.2) is 4.79 Å². The van der Waals surface area contributed by atoms with Crippen LogP contribution < -0.4 is 4.74 Å². The van der Waals surface area contributed by atoms with Crippen molar-refractivity contribution in [3.63, 3.8) is 0 Å². The van der Waals surface area contributed by atoms with Gasteiger partial charge in [0.05, 0.1) is 0 Å². The number of ether oxygens (including phenoxy) is 1. The molecule has 0 fully saturated rings. The van der Waals surface area contributed by atoms with Gasteiger partial charge in [-0.1, -0.05) is 45.9 Å². The second-order valence-corrected chi connectivity index (χ2v) is 4.93. The molecule has 0 saturated carbocycles. The molecule has 0 saturated heterocycles. The van der Waals surface area contributed by atoms with Gasteiger partial charge in [-0.2, -0.15) is 0 Å². The van der Waals surface area contributed by atoms with Gasteiger partial charge in [-0.15, -0.1) is 12.4 Å². The molecule has 1 unspecified atom stereocenters. The number of carbonyl (C=O) groups is 1. The van der Waals surface area contributed by atoms with Gasteiger partial charge in [0.25, 0.3) is 0 Å². The van der Waals surface area contributed by atoms with Gasteiger partial charge < -0.3 is 4.74 Å². The van der Waals surface area contributed by atoms with Gasteiger partial charge in [0.2, 0.25) is 0 Å². The Morgan fingerprint density at radius 1 is 1.10 bits per heavy atom. The van der Waals surface area contributed by atoms with E-state index < -0.39 is 0 Å². The second kappa shape index (κ2) is 9.80. The molecule has 0 amide bonds. The van der Waals surface area contributed by atoms with Crippen molar-refractivity contribution in [1.82, 2.24) is 4.90 Å². The first-order valence-electron chi connectivity index (χ1n) is 7.65. The molecule has 0 bridgehead atoms. The van der Waals surface area contributed by atoms with E-state index in [2.05, 4.69) is 32.6 Å². The SMILES string of the molecule is CCc1cccc(CC)c1OC(=O)C(C)N(CC)CC.Cl. The number of carbonyl (C=O) groups excluding carboxylic acids is 1. The molecule has 4 heteroatoms. The lowest BCUT2D eigenvalue weighted by atomic mass is 10.0. The summed E-state index contributed by atoms with van der Waals surface area (Å²) in [6.45, 7) is 11.9. The van der Waals surface area contributed by atoms with Gasteiger partial charge >= 0.3 is 5.97 Å². The molecule has 0 N–H and O–H groups in total. The number of para-hydroxylation sites is 1. The third kappa shape index (κ3) is 5.01. The summed E-state index contributed by atoms with van der Waals surface area (Å²) in [5.41, 5.74) is 2.20. The third-order valence-electron chi connectivity index (χ3n) is 3.84. The Kier molecular flexibility index (Phi) is 9.31. The zero-order valence-electron chi connectivity index (χ0n) is 13.8. The third-order valence-corrected chi connectivity index (χ3v) is 3.84. The first-order valence-corrected chi connectivity index (χ1v) is 7.65. The number of rotatable bonds is 7. The Bertz CT molecular complexity index is 422. The predicted octanol–water partition coefficient (Wildman–Crippen LogP) is 3.87. The monoisotopic (exact) mass is 313 g/mol. The van der Waals surface area contributed by atoms with Crippen LogP contribution in [-0.4, -0.2) is 30.0 Å². The lowest BCUT2D eigenvalue weighted by Crippen LogP contribution is -2.41. The number of halogens is 1. The van der Waals surface area contributed by atoms with Crippen LogP contribution in [-0.2, 0) is 17.6 Å². The Morgan fingerprint density at radius 2 is 1.57 bits per heavy atom. The molecule has 0 aliphatic carbocycles. The molecule has 0 aliphatic heterocycles. The molecule has 0 heterocycles. The van der Waals surface area contributed by atoms with Gasteiger partial charge in [0.1, 0.15) is 11.8 Å². The minimum atomic E-state index is -0.209. The molecule has 0 radical (unpaired) electrons. The first kappa shape index (κ1) is 19.9. The Hall–Kier alpha value is -1.06. The van der Waals surface area contributed by atoms with E-state index in [0.717, 1.165) is 42.8 Å². The molecule has 0 aliphatic rings. The highest BCUT2D eigenvalue weighted by Crippen LogP contribution is 2.26. The largest absolute Gasteiger partial charge is 0.425 e. The van der Waals surface area contributed by atoms with Crippen molar-refractivity contribution in [2.24, 2.45) is 0 Å². The van der Waals surface area contributed by atoms with E-state index in [-0.39, 0.29) is 24.4 Å². The van der Waals surface area contributed by atoms with Gasteiger partial charge in [0, 0.05) is 0 Å². The van der Waals surface area contributed by atoms with Crippen LogP contribution in [0.1, 0.15) is 45.7 Å². The number of esters is 1. The van der Waals surface area contributed by atoms with Crippen molar-refractivity contribution in [2.75, 3.05) is 13.1 Å². The van der Waals surface area contributed by atoms with Crippen LogP contribution in [0.5, 0.6) is 5.75 Å². The quantitative estimate of drug-likeness (QED) is 0.565. The maximum atomic E-state index is 12.3. The summed E-state index contributed by atoms with van der Waals surface area (Å²) in [5.74, 6) is 0.603. The smallest absolute Gasteiger partial charge is 0.328 e. The summed E-state index contributed by atoms with van der Waals surface area (Å²) >= 11 is 0. The highest BCUT2D eigenvalue weighted by molar-refractivity contribution is 5.85. The highest BCUT2D eigenvalue weighted by atomic mass is 35.5. The number of likely N-dealkylation sites (N-methyl/N-ethyl adjacent to an activating group) is 1. The molecule has 1 aromatic rings. The molecular formula is C17H28ClNO2. The zero-order chi connectivity index (χ0) is 15.1. The predicted molar refractivity (Wildman–Crippen MR) is 90.5 cm³/mol. The molecule has 21 heavy (non-hydrogen) atoms.